The van der Waals surface area contributed by atoms with Crippen LogP contribution in [0, 0.1) is 0 Å². The minimum Gasteiger partial charge on any atom is -0.384 e. The first kappa shape index (κ1) is 13.4. The van der Waals surface area contributed by atoms with E-state index in [1.54, 1.807) is 17.4 Å². The Bertz CT molecular complexity index is 625. The Labute approximate surface area is 126 Å². The maximum Gasteiger partial charge on any atom is 0.256 e. The zero-order valence-electron chi connectivity index (χ0n) is 10.8. The summed E-state index contributed by atoms with van der Waals surface area (Å²) in [6.45, 7) is 0.625. The molecular formula is C14H14ClN3OS. The average molecular weight is 308 g/mol. The van der Waals surface area contributed by atoms with Crippen molar-refractivity contribution >= 4 is 34.7 Å². The first-order valence-electron chi connectivity index (χ1n) is 6.39. The molecule has 4 nitrogen and oxygen atoms in total. The molecule has 3 rings (SSSR count). The maximum absolute atomic E-state index is 12.7. The number of amides is 1. The van der Waals surface area contributed by atoms with Gasteiger partial charge in [-0.2, -0.15) is 0 Å². The second-order valence-electron chi connectivity index (χ2n) is 4.83. The van der Waals surface area contributed by atoms with Gasteiger partial charge in [-0.05, 0) is 30.4 Å². The van der Waals surface area contributed by atoms with Gasteiger partial charge in [0.25, 0.3) is 5.91 Å². The number of nitrogens with zero attached hydrogens (tertiary/aromatic N) is 2. The summed E-state index contributed by atoms with van der Waals surface area (Å²) in [7, 11) is 0. The Morgan fingerprint density at radius 3 is 3.00 bits per heavy atom. The Kier molecular flexibility index (Phi) is 3.63. The number of hydrogen-bond donors (Lipinski definition) is 1. The van der Waals surface area contributed by atoms with Gasteiger partial charge in [0, 0.05) is 17.1 Å². The van der Waals surface area contributed by atoms with Gasteiger partial charge in [0.15, 0.2) is 0 Å². The molecule has 2 aromatic heterocycles. The number of nitrogens with two attached hydrogens (primary N) is 1. The number of pyridine rings is 1. The number of rotatable bonds is 4. The topological polar surface area (TPSA) is 59.2 Å². The summed E-state index contributed by atoms with van der Waals surface area (Å²) in [4.78, 5) is 19.6. The Hall–Kier alpha value is -1.59. The van der Waals surface area contributed by atoms with Crippen molar-refractivity contribution in [3.05, 3.63) is 45.2 Å². The maximum atomic E-state index is 12.7. The van der Waals surface area contributed by atoms with Gasteiger partial charge < -0.3 is 10.6 Å². The SMILES string of the molecule is Nc1cc(C(=O)N(Cc2cccs2)C2CC2)c(Cl)cn1. The molecule has 0 radical (unpaired) electrons. The van der Waals surface area contributed by atoms with E-state index >= 15 is 0 Å². The minimum atomic E-state index is -0.0694. The van der Waals surface area contributed by atoms with Crippen molar-refractivity contribution in [2.75, 3.05) is 5.73 Å². The third kappa shape index (κ3) is 2.78. The van der Waals surface area contributed by atoms with Gasteiger partial charge in [-0.15, -0.1) is 11.3 Å². The largest absolute Gasteiger partial charge is 0.384 e. The van der Waals surface area contributed by atoms with Crippen molar-refractivity contribution in [1.82, 2.24) is 9.88 Å². The second-order valence-corrected chi connectivity index (χ2v) is 6.27. The van der Waals surface area contributed by atoms with E-state index in [9.17, 15) is 4.79 Å². The second kappa shape index (κ2) is 5.42. The van der Waals surface area contributed by atoms with Crippen molar-refractivity contribution < 1.29 is 4.79 Å². The van der Waals surface area contributed by atoms with Gasteiger partial charge >= 0.3 is 0 Å². The fraction of sp³-hybridized carbons (Fsp3) is 0.286. The fourth-order valence-electron chi connectivity index (χ4n) is 2.10. The summed E-state index contributed by atoms with van der Waals surface area (Å²) in [5.74, 6) is 0.240. The molecule has 1 amide bonds. The molecule has 0 spiro atoms. The standard InChI is InChI=1S/C14H14ClN3OS/c15-12-7-17-13(16)6-11(12)14(19)18(9-3-4-9)8-10-2-1-5-20-10/h1-2,5-7,9H,3-4,8H2,(H2,16,17). The van der Waals surface area contributed by atoms with E-state index in [0.29, 0.717) is 29.0 Å². The lowest BCUT2D eigenvalue weighted by Gasteiger charge is -2.22. The van der Waals surface area contributed by atoms with Gasteiger partial charge in [0.05, 0.1) is 17.1 Å². The number of carbonyl (C=O) groups excluding carboxylic acids is 1. The molecule has 6 heteroatoms. The summed E-state index contributed by atoms with van der Waals surface area (Å²) in [5.41, 5.74) is 6.09. The van der Waals surface area contributed by atoms with Crippen LogP contribution in [-0.4, -0.2) is 21.8 Å². The van der Waals surface area contributed by atoms with Crippen LogP contribution in [0.5, 0.6) is 0 Å². The highest BCUT2D eigenvalue weighted by atomic mass is 35.5. The highest BCUT2D eigenvalue weighted by Crippen LogP contribution is 2.32. The van der Waals surface area contributed by atoms with E-state index in [1.165, 1.54) is 11.1 Å². The smallest absolute Gasteiger partial charge is 0.256 e. The molecule has 0 bridgehead atoms. The van der Waals surface area contributed by atoms with Crippen molar-refractivity contribution in [3.63, 3.8) is 0 Å². The molecule has 2 N–H and O–H groups in total. The number of aromatic nitrogens is 1. The highest BCUT2D eigenvalue weighted by Gasteiger charge is 2.34. The van der Waals surface area contributed by atoms with Crippen LogP contribution in [0.1, 0.15) is 28.1 Å². The molecule has 1 fully saturated rings. The molecule has 0 aliphatic heterocycles. The predicted octanol–water partition coefficient (Wildman–Crippen LogP) is 3.18. The summed E-state index contributed by atoms with van der Waals surface area (Å²) in [5, 5.41) is 2.36. The van der Waals surface area contributed by atoms with Crippen LogP contribution in [-0.2, 0) is 6.54 Å². The number of thiophene rings is 1. The summed E-state index contributed by atoms with van der Waals surface area (Å²) in [6.07, 6.45) is 3.53. The van der Waals surface area contributed by atoms with Gasteiger partial charge in [0.2, 0.25) is 0 Å². The first-order valence-corrected chi connectivity index (χ1v) is 7.65. The van der Waals surface area contributed by atoms with Crippen LogP contribution in [0.2, 0.25) is 5.02 Å². The molecule has 0 aromatic carbocycles. The van der Waals surface area contributed by atoms with Crippen molar-refractivity contribution in [1.29, 1.82) is 0 Å². The van der Waals surface area contributed by atoms with Crippen LogP contribution in [0.3, 0.4) is 0 Å². The summed E-state index contributed by atoms with van der Waals surface area (Å²) < 4.78 is 0. The molecular weight excluding hydrogens is 294 g/mol. The summed E-state index contributed by atoms with van der Waals surface area (Å²) in [6, 6.07) is 5.90. The Morgan fingerprint density at radius 1 is 1.55 bits per heavy atom. The van der Waals surface area contributed by atoms with Crippen molar-refractivity contribution in [3.8, 4) is 0 Å². The molecule has 2 aromatic rings. The Morgan fingerprint density at radius 2 is 2.35 bits per heavy atom. The van der Waals surface area contributed by atoms with E-state index < -0.39 is 0 Å². The molecule has 104 valence electrons. The lowest BCUT2D eigenvalue weighted by atomic mass is 10.2. The number of hydrogen-bond acceptors (Lipinski definition) is 4. The number of nitrogen functional groups attached to an aromatic ring is 1. The number of halogens is 1. The lowest BCUT2D eigenvalue weighted by Crippen LogP contribution is -2.32. The van der Waals surface area contributed by atoms with E-state index in [2.05, 4.69) is 4.98 Å². The predicted molar refractivity (Wildman–Crippen MR) is 80.9 cm³/mol. The third-order valence-corrected chi connectivity index (χ3v) is 4.42. The van der Waals surface area contributed by atoms with Crippen LogP contribution in [0.4, 0.5) is 5.82 Å². The van der Waals surface area contributed by atoms with Gasteiger partial charge in [-0.25, -0.2) is 4.98 Å². The van der Waals surface area contributed by atoms with Crippen molar-refractivity contribution in [2.45, 2.75) is 25.4 Å². The lowest BCUT2D eigenvalue weighted by molar-refractivity contribution is 0.0732. The number of anilines is 1. The molecule has 0 atom stereocenters. The van der Waals surface area contributed by atoms with Crippen molar-refractivity contribution in [2.24, 2.45) is 0 Å². The fourth-order valence-corrected chi connectivity index (χ4v) is 2.98. The van der Waals surface area contributed by atoms with E-state index in [0.717, 1.165) is 12.8 Å². The van der Waals surface area contributed by atoms with Crippen LogP contribution < -0.4 is 5.73 Å². The molecule has 1 aliphatic carbocycles. The zero-order valence-corrected chi connectivity index (χ0v) is 12.3. The zero-order chi connectivity index (χ0) is 14.1. The van der Waals surface area contributed by atoms with E-state index in [-0.39, 0.29) is 5.91 Å². The van der Waals surface area contributed by atoms with E-state index in [1.807, 2.05) is 22.4 Å². The number of carbonyl (C=O) groups is 1. The molecule has 0 saturated heterocycles. The van der Waals surface area contributed by atoms with Gasteiger partial charge in [0.1, 0.15) is 5.82 Å². The van der Waals surface area contributed by atoms with Gasteiger partial charge in [-0.1, -0.05) is 17.7 Å². The monoisotopic (exact) mass is 307 g/mol. The third-order valence-electron chi connectivity index (χ3n) is 3.26. The van der Waals surface area contributed by atoms with Crippen LogP contribution >= 0.6 is 22.9 Å². The molecule has 1 aliphatic rings. The summed E-state index contributed by atoms with van der Waals surface area (Å²) >= 11 is 7.73. The quantitative estimate of drug-likeness (QED) is 0.943. The average Bonchev–Trinajstić information content (AvgIpc) is 3.15. The Balaban J connectivity index is 1.87. The molecule has 1 saturated carbocycles. The van der Waals surface area contributed by atoms with E-state index in [4.69, 9.17) is 17.3 Å². The molecule has 20 heavy (non-hydrogen) atoms. The minimum absolute atomic E-state index is 0.0694. The van der Waals surface area contributed by atoms with Gasteiger partial charge in [-0.3, -0.25) is 4.79 Å². The molecule has 2 heterocycles. The highest BCUT2D eigenvalue weighted by molar-refractivity contribution is 7.09. The normalized spacial score (nSPS) is 14.2. The first-order chi connectivity index (χ1) is 9.65. The van der Waals surface area contributed by atoms with Crippen LogP contribution in [0.15, 0.2) is 29.8 Å². The molecule has 0 unspecified atom stereocenters. The van der Waals surface area contributed by atoms with Crippen LogP contribution in [0.25, 0.3) is 0 Å².